The Morgan fingerprint density at radius 1 is 1.00 bits per heavy atom. The number of rotatable bonds is 7. The predicted molar refractivity (Wildman–Crippen MR) is 138 cm³/mol. The minimum atomic E-state index is -0.713. The molecule has 0 spiro atoms. The van der Waals surface area contributed by atoms with Gasteiger partial charge in [0.2, 0.25) is 0 Å². The van der Waals surface area contributed by atoms with E-state index in [1.807, 2.05) is 55.5 Å². The van der Waals surface area contributed by atoms with Gasteiger partial charge in [0.15, 0.2) is 0 Å². The number of carbonyl (C=O) groups excluding carboxylic acids is 1. The van der Waals surface area contributed by atoms with Gasteiger partial charge in [-0.15, -0.1) is 0 Å². The van der Waals surface area contributed by atoms with E-state index in [0.717, 1.165) is 33.5 Å². The molecule has 0 aliphatic heterocycles. The number of hydrogen-bond donors (Lipinski definition) is 1. The first kappa shape index (κ1) is 24.8. The highest BCUT2D eigenvalue weighted by Gasteiger charge is 2.21. The summed E-state index contributed by atoms with van der Waals surface area (Å²) in [4.78, 5) is 16.0. The Hall–Kier alpha value is -4.32. The molecule has 1 unspecified atom stereocenters. The Labute approximate surface area is 209 Å². The van der Waals surface area contributed by atoms with Gasteiger partial charge in [-0.25, -0.2) is 9.18 Å². The number of carbonyl (C=O) groups is 1. The van der Waals surface area contributed by atoms with E-state index < -0.39 is 11.8 Å². The fraction of sp³-hybridized carbons (Fsp3) is 0.167. The Bertz CT molecular complexity index is 1430. The van der Waals surface area contributed by atoms with E-state index in [1.165, 1.54) is 19.2 Å². The summed E-state index contributed by atoms with van der Waals surface area (Å²) in [5, 5.41) is 13.6. The fourth-order valence-corrected chi connectivity index (χ4v) is 4.43. The van der Waals surface area contributed by atoms with Crippen molar-refractivity contribution in [3.63, 3.8) is 0 Å². The summed E-state index contributed by atoms with van der Waals surface area (Å²) < 4.78 is 19.3. The number of esters is 1. The van der Waals surface area contributed by atoms with Crippen molar-refractivity contribution in [2.24, 2.45) is 5.16 Å². The number of methoxy groups -OCH3 is 1. The topological polar surface area (TPSA) is 71.8 Å². The number of nitrogens with zero attached hydrogens (tertiary/aromatic N) is 2. The maximum atomic E-state index is 14.6. The summed E-state index contributed by atoms with van der Waals surface area (Å²) in [6.45, 7) is 3.95. The summed E-state index contributed by atoms with van der Waals surface area (Å²) in [5.41, 5.74) is 6.75. The molecule has 4 aromatic rings. The molecule has 0 radical (unpaired) electrons. The van der Waals surface area contributed by atoms with Crippen LogP contribution in [0.3, 0.4) is 0 Å². The lowest BCUT2D eigenvalue weighted by atomic mass is 9.82. The lowest BCUT2D eigenvalue weighted by Gasteiger charge is -2.22. The largest absolute Gasteiger partial charge is 0.465 e. The number of aromatic nitrogens is 1. The molecule has 182 valence electrons. The maximum absolute atomic E-state index is 14.6. The van der Waals surface area contributed by atoms with Crippen molar-refractivity contribution in [3.8, 4) is 11.1 Å². The van der Waals surface area contributed by atoms with Gasteiger partial charge in [0.05, 0.1) is 18.4 Å². The molecule has 0 saturated heterocycles. The molecule has 0 aliphatic rings. The summed E-state index contributed by atoms with van der Waals surface area (Å²) in [7, 11) is 1.22. The van der Waals surface area contributed by atoms with E-state index in [0.29, 0.717) is 17.7 Å². The summed E-state index contributed by atoms with van der Waals surface area (Å²) in [5.74, 6) is -1.47. The van der Waals surface area contributed by atoms with Crippen LogP contribution in [0.25, 0.3) is 11.1 Å². The van der Waals surface area contributed by atoms with Crippen molar-refractivity contribution >= 4 is 11.7 Å². The maximum Gasteiger partial charge on any atom is 0.340 e. The summed E-state index contributed by atoms with van der Waals surface area (Å²) in [6.07, 6.45) is 2.15. The molecular weight excluding hydrogens is 455 g/mol. The second-order valence-corrected chi connectivity index (χ2v) is 8.66. The van der Waals surface area contributed by atoms with Crippen molar-refractivity contribution < 1.29 is 19.1 Å². The van der Waals surface area contributed by atoms with Crippen LogP contribution in [0.1, 0.15) is 50.6 Å². The van der Waals surface area contributed by atoms with Gasteiger partial charge in [-0.3, -0.25) is 4.98 Å². The van der Waals surface area contributed by atoms with Crippen LogP contribution in [0.5, 0.6) is 0 Å². The Morgan fingerprint density at radius 2 is 1.78 bits per heavy atom. The first-order chi connectivity index (χ1) is 17.4. The number of benzene rings is 3. The van der Waals surface area contributed by atoms with Crippen LogP contribution in [0.4, 0.5) is 4.39 Å². The van der Waals surface area contributed by atoms with Crippen LogP contribution < -0.4 is 0 Å². The third-order valence-electron chi connectivity index (χ3n) is 6.31. The first-order valence-electron chi connectivity index (χ1n) is 11.6. The zero-order valence-electron chi connectivity index (χ0n) is 20.4. The first-order valence-corrected chi connectivity index (χ1v) is 11.6. The number of halogens is 1. The highest BCUT2D eigenvalue weighted by atomic mass is 19.1. The highest BCUT2D eigenvalue weighted by molar-refractivity contribution is 6.01. The van der Waals surface area contributed by atoms with E-state index >= 15 is 0 Å². The Balaban J connectivity index is 1.77. The van der Waals surface area contributed by atoms with Crippen LogP contribution in [0.2, 0.25) is 0 Å². The zero-order valence-corrected chi connectivity index (χ0v) is 20.4. The smallest absolute Gasteiger partial charge is 0.340 e. The van der Waals surface area contributed by atoms with Gasteiger partial charge < -0.3 is 9.94 Å². The number of hydrogen-bond acceptors (Lipinski definition) is 5. The Morgan fingerprint density at radius 3 is 2.47 bits per heavy atom. The molecule has 0 fully saturated rings. The van der Waals surface area contributed by atoms with Crippen molar-refractivity contribution in [2.75, 3.05) is 7.11 Å². The van der Waals surface area contributed by atoms with Gasteiger partial charge in [0.1, 0.15) is 5.82 Å². The van der Waals surface area contributed by atoms with Gasteiger partial charge in [-0.05, 0) is 65.9 Å². The second kappa shape index (κ2) is 11.0. The van der Waals surface area contributed by atoms with Crippen LogP contribution >= 0.6 is 0 Å². The van der Waals surface area contributed by atoms with Crippen molar-refractivity contribution in [3.05, 3.63) is 124 Å². The van der Waals surface area contributed by atoms with Gasteiger partial charge >= 0.3 is 5.97 Å². The van der Waals surface area contributed by atoms with Crippen molar-refractivity contribution in [1.29, 1.82) is 0 Å². The molecule has 1 atom stereocenters. The molecular formula is C30H27FN2O3. The minimum Gasteiger partial charge on any atom is -0.465 e. The third-order valence-corrected chi connectivity index (χ3v) is 6.31. The predicted octanol–water partition coefficient (Wildman–Crippen LogP) is 6.69. The Kier molecular flexibility index (Phi) is 7.54. The molecule has 1 aromatic heterocycles. The standard InChI is InChI=1S/C30H27FN2O3/c1-19-7-4-5-10-25(19)27(18-29(33-35)24-13-14-32-20(2)15-24)23-9-6-8-21(16-23)22-11-12-26(28(31)17-22)30(34)36-3/h4-17,27,35H,18H2,1-3H3/b33-29-. The average molecular weight is 483 g/mol. The number of aryl methyl sites for hydroxylation is 2. The third kappa shape index (κ3) is 5.33. The molecule has 1 heterocycles. The van der Waals surface area contributed by atoms with Crippen LogP contribution in [0.15, 0.2) is 90.2 Å². The van der Waals surface area contributed by atoms with Gasteiger partial charge in [0, 0.05) is 29.8 Å². The van der Waals surface area contributed by atoms with Crippen LogP contribution in [0, 0.1) is 19.7 Å². The number of pyridine rings is 1. The summed E-state index contributed by atoms with van der Waals surface area (Å²) >= 11 is 0. The van der Waals surface area contributed by atoms with Crippen LogP contribution in [-0.4, -0.2) is 29.0 Å². The molecule has 0 saturated carbocycles. The van der Waals surface area contributed by atoms with E-state index in [-0.39, 0.29) is 11.5 Å². The quantitative estimate of drug-likeness (QED) is 0.138. The molecule has 0 amide bonds. The molecule has 5 nitrogen and oxygen atoms in total. The minimum absolute atomic E-state index is 0.105. The van der Waals surface area contributed by atoms with Crippen molar-refractivity contribution in [2.45, 2.75) is 26.2 Å². The molecule has 0 bridgehead atoms. The zero-order chi connectivity index (χ0) is 25.7. The molecule has 4 rings (SSSR count). The number of oxime groups is 1. The highest BCUT2D eigenvalue weighted by Crippen LogP contribution is 2.34. The van der Waals surface area contributed by atoms with Gasteiger partial charge in [-0.2, -0.15) is 0 Å². The normalized spacial score (nSPS) is 12.3. The summed E-state index contributed by atoms with van der Waals surface area (Å²) in [6, 6.07) is 24.2. The SMILES string of the molecule is COC(=O)c1ccc(-c2cccc(C(C/C(=N/O)c3ccnc(C)c3)c3ccccc3C)c2)cc1F. The van der Waals surface area contributed by atoms with Crippen LogP contribution in [-0.2, 0) is 4.74 Å². The lowest BCUT2D eigenvalue weighted by molar-refractivity contribution is 0.0595. The van der Waals surface area contributed by atoms with Crippen molar-refractivity contribution in [1.82, 2.24) is 4.98 Å². The molecule has 36 heavy (non-hydrogen) atoms. The molecule has 6 heteroatoms. The number of ether oxygens (including phenoxy) is 1. The molecule has 1 N–H and O–H groups in total. The van der Waals surface area contributed by atoms with Gasteiger partial charge in [0.25, 0.3) is 0 Å². The second-order valence-electron chi connectivity index (χ2n) is 8.66. The van der Waals surface area contributed by atoms with E-state index in [9.17, 15) is 14.4 Å². The van der Waals surface area contributed by atoms with Gasteiger partial charge in [-0.1, -0.05) is 59.8 Å². The monoisotopic (exact) mass is 482 g/mol. The molecule has 3 aromatic carbocycles. The average Bonchev–Trinajstić information content (AvgIpc) is 2.89. The molecule has 0 aliphatic carbocycles. The van der Waals surface area contributed by atoms with E-state index in [2.05, 4.69) is 33.9 Å². The fourth-order valence-electron chi connectivity index (χ4n) is 4.43. The van der Waals surface area contributed by atoms with E-state index in [1.54, 1.807) is 12.3 Å². The van der Waals surface area contributed by atoms with E-state index in [4.69, 9.17) is 0 Å². The lowest BCUT2D eigenvalue weighted by Crippen LogP contribution is -2.12.